The Labute approximate surface area is 116 Å². The van der Waals surface area contributed by atoms with Crippen LogP contribution in [-0.4, -0.2) is 34.1 Å². The summed E-state index contributed by atoms with van der Waals surface area (Å²) in [5.41, 5.74) is -6.14. The van der Waals surface area contributed by atoms with Gasteiger partial charge in [-0.25, -0.2) is 9.18 Å². The summed E-state index contributed by atoms with van der Waals surface area (Å²) in [6, 6.07) is 1.23. The fraction of sp³-hybridized carbons (Fsp3) is 0.300. The minimum Gasteiger partial charge on any atom is -0.493 e. The molecule has 0 aliphatic carbocycles. The number of carbonyl (C=O) groups is 1. The van der Waals surface area contributed by atoms with E-state index in [1.165, 1.54) is 0 Å². The summed E-state index contributed by atoms with van der Waals surface area (Å²) in [6.07, 6.45) is 0. The highest BCUT2D eigenvalue weighted by atomic mass is 32.2. The molecule has 0 heterocycles. The van der Waals surface area contributed by atoms with Crippen LogP contribution in [-0.2, 0) is 14.9 Å². The van der Waals surface area contributed by atoms with Crippen molar-refractivity contribution in [2.24, 2.45) is 0 Å². The second-order valence-corrected chi connectivity index (χ2v) is 5.00. The highest BCUT2D eigenvalue weighted by Crippen LogP contribution is 2.36. The van der Waals surface area contributed by atoms with Crippen LogP contribution in [0.3, 0.4) is 0 Å². The fourth-order valence-corrected chi connectivity index (χ4v) is 1.67. The first kappa shape index (κ1) is 17.0. The van der Waals surface area contributed by atoms with E-state index in [0.29, 0.717) is 6.07 Å². The Morgan fingerprint density at radius 3 is 2.19 bits per heavy atom. The highest BCUT2D eigenvalue weighted by Gasteiger charge is 2.49. The summed E-state index contributed by atoms with van der Waals surface area (Å²) in [5.74, 6) is -4.58. The van der Waals surface area contributed by atoms with E-state index < -0.39 is 44.5 Å². The average molecular weight is 332 g/mol. The van der Waals surface area contributed by atoms with Crippen LogP contribution in [0.25, 0.3) is 0 Å². The van der Waals surface area contributed by atoms with Gasteiger partial charge in [-0.05, 0) is 12.1 Å². The molecule has 0 amide bonds. The first-order chi connectivity index (χ1) is 9.53. The molecule has 1 aromatic rings. The first-order valence-electron chi connectivity index (χ1n) is 5.00. The molecule has 11 heteroatoms. The minimum atomic E-state index is -6.08. The highest BCUT2D eigenvalue weighted by molar-refractivity contribution is 7.88. The Bertz CT molecular complexity index is 652. The number of hydrogen-bond donors (Lipinski definition) is 0. The lowest BCUT2D eigenvalue weighted by molar-refractivity contribution is -0.0501. The van der Waals surface area contributed by atoms with E-state index in [2.05, 4.69) is 13.7 Å². The lowest BCUT2D eigenvalue weighted by Gasteiger charge is -2.13. The van der Waals surface area contributed by atoms with E-state index >= 15 is 0 Å². The van der Waals surface area contributed by atoms with Gasteiger partial charge >= 0.3 is 21.6 Å². The van der Waals surface area contributed by atoms with Crippen molar-refractivity contribution in [2.75, 3.05) is 14.2 Å². The van der Waals surface area contributed by atoms with E-state index in [1.54, 1.807) is 0 Å². The van der Waals surface area contributed by atoms with Gasteiger partial charge in [-0.15, -0.1) is 0 Å². The van der Waals surface area contributed by atoms with Crippen LogP contribution in [0.5, 0.6) is 11.5 Å². The number of methoxy groups -OCH3 is 2. The Hall–Kier alpha value is -2.04. The second kappa shape index (κ2) is 5.76. The Morgan fingerprint density at radius 1 is 1.19 bits per heavy atom. The monoisotopic (exact) mass is 332 g/mol. The molecule has 0 saturated carbocycles. The van der Waals surface area contributed by atoms with Gasteiger partial charge in [0.2, 0.25) is 5.75 Å². The number of esters is 1. The molecule has 0 atom stereocenters. The lowest BCUT2D eigenvalue weighted by atomic mass is 10.2. The zero-order valence-corrected chi connectivity index (χ0v) is 11.3. The number of ether oxygens (including phenoxy) is 2. The molecule has 0 radical (unpaired) electrons. The number of halogens is 4. The van der Waals surface area contributed by atoms with E-state index in [9.17, 15) is 30.8 Å². The maximum atomic E-state index is 13.7. The van der Waals surface area contributed by atoms with E-state index in [1.807, 2.05) is 0 Å². The molecule has 6 nitrogen and oxygen atoms in total. The van der Waals surface area contributed by atoms with Crippen LogP contribution in [0.2, 0.25) is 0 Å². The molecule has 21 heavy (non-hydrogen) atoms. The third-order valence-electron chi connectivity index (χ3n) is 2.13. The molecule has 0 aliphatic heterocycles. The minimum absolute atomic E-state index is 0.399. The van der Waals surface area contributed by atoms with E-state index in [4.69, 9.17) is 0 Å². The molecular weight excluding hydrogens is 324 g/mol. The molecule has 0 bridgehead atoms. The zero-order valence-electron chi connectivity index (χ0n) is 10.5. The van der Waals surface area contributed by atoms with Crippen molar-refractivity contribution < 1.29 is 44.4 Å². The topological polar surface area (TPSA) is 78.9 Å². The number of benzene rings is 1. The van der Waals surface area contributed by atoms with Crippen molar-refractivity contribution in [1.82, 2.24) is 0 Å². The quantitative estimate of drug-likeness (QED) is 0.362. The molecule has 0 N–H and O–H groups in total. The fourth-order valence-electron chi connectivity index (χ4n) is 1.19. The summed E-state index contributed by atoms with van der Waals surface area (Å²) >= 11 is 0. The number of hydrogen-bond acceptors (Lipinski definition) is 6. The molecule has 1 aromatic carbocycles. The number of rotatable bonds is 4. The molecule has 0 aromatic heterocycles. The van der Waals surface area contributed by atoms with Gasteiger partial charge < -0.3 is 13.7 Å². The van der Waals surface area contributed by atoms with Crippen molar-refractivity contribution in [3.8, 4) is 11.5 Å². The van der Waals surface area contributed by atoms with E-state index in [-0.39, 0.29) is 0 Å². The standard InChI is InChI=1S/C10H8F4O6S/c1-18-7-4-5(9(15)19-2)3-6(11)8(7)20-21(16,17)10(12,13)14/h3-4H,1-2H3. The summed E-state index contributed by atoms with van der Waals surface area (Å²) in [6.45, 7) is 0. The lowest BCUT2D eigenvalue weighted by Crippen LogP contribution is -2.28. The summed E-state index contributed by atoms with van der Waals surface area (Å²) in [4.78, 5) is 11.2. The van der Waals surface area contributed by atoms with Crippen LogP contribution < -0.4 is 8.92 Å². The normalized spacial score (nSPS) is 11.9. The molecule has 0 aliphatic rings. The zero-order chi connectivity index (χ0) is 16.4. The first-order valence-corrected chi connectivity index (χ1v) is 6.41. The van der Waals surface area contributed by atoms with Gasteiger partial charge in [0.15, 0.2) is 11.6 Å². The largest absolute Gasteiger partial charge is 0.534 e. The van der Waals surface area contributed by atoms with Crippen LogP contribution in [0.4, 0.5) is 17.6 Å². The molecule has 1 rings (SSSR count). The average Bonchev–Trinajstić information content (AvgIpc) is 2.38. The van der Waals surface area contributed by atoms with Crippen molar-refractivity contribution in [3.05, 3.63) is 23.5 Å². The molecule has 118 valence electrons. The van der Waals surface area contributed by atoms with Gasteiger partial charge in [0.25, 0.3) is 0 Å². The Morgan fingerprint density at radius 2 is 1.76 bits per heavy atom. The van der Waals surface area contributed by atoms with Gasteiger partial charge in [0, 0.05) is 0 Å². The maximum Gasteiger partial charge on any atom is 0.534 e. The third-order valence-corrected chi connectivity index (χ3v) is 3.08. The smallest absolute Gasteiger partial charge is 0.493 e. The van der Waals surface area contributed by atoms with Crippen LogP contribution in [0.1, 0.15) is 10.4 Å². The SMILES string of the molecule is COC(=O)c1cc(F)c(OS(=O)(=O)C(F)(F)F)c(OC)c1. The maximum absolute atomic E-state index is 13.7. The van der Waals surface area contributed by atoms with Crippen molar-refractivity contribution >= 4 is 16.1 Å². The predicted octanol–water partition coefficient (Wildman–Crippen LogP) is 1.85. The molecular formula is C10H8F4O6S. The van der Waals surface area contributed by atoms with Crippen LogP contribution >= 0.6 is 0 Å². The second-order valence-electron chi connectivity index (χ2n) is 3.46. The summed E-state index contributed by atoms with van der Waals surface area (Å²) in [7, 11) is -4.17. The van der Waals surface area contributed by atoms with Gasteiger partial charge in [-0.2, -0.15) is 21.6 Å². The van der Waals surface area contributed by atoms with E-state index in [0.717, 1.165) is 20.3 Å². The van der Waals surface area contributed by atoms with Crippen LogP contribution in [0.15, 0.2) is 12.1 Å². The third kappa shape index (κ3) is 3.54. The van der Waals surface area contributed by atoms with Crippen molar-refractivity contribution in [2.45, 2.75) is 5.51 Å². The Kier molecular flexibility index (Phi) is 4.66. The van der Waals surface area contributed by atoms with Gasteiger partial charge in [-0.1, -0.05) is 0 Å². The van der Waals surface area contributed by atoms with Gasteiger partial charge in [0.05, 0.1) is 19.8 Å². The summed E-state index contributed by atoms with van der Waals surface area (Å²) in [5, 5.41) is 0. The van der Waals surface area contributed by atoms with Gasteiger partial charge in [-0.3, -0.25) is 0 Å². The molecule has 0 spiro atoms. The molecule has 0 unspecified atom stereocenters. The Balaban J connectivity index is 3.36. The van der Waals surface area contributed by atoms with Gasteiger partial charge in [0.1, 0.15) is 0 Å². The van der Waals surface area contributed by atoms with Crippen LogP contribution in [0, 0.1) is 5.82 Å². The number of alkyl halides is 3. The molecule has 0 fully saturated rings. The predicted molar refractivity (Wildman–Crippen MR) is 59.9 cm³/mol. The van der Waals surface area contributed by atoms with Crippen molar-refractivity contribution in [1.29, 1.82) is 0 Å². The van der Waals surface area contributed by atoms with Crippen molar-refractivity contribution in [3.63, 3.8) is 0 Å². The summed E-state index contributed by atoms with van der Waals surface area (Å²) < 4.78 is 84.5. The number of carbonyl (C=O) groups excluding carboxylic acids is 1. The molecule has 0 saturated heterocycles.